The summed E-state index contributed by atoms with van der Waals surface area (Å²) >= 11 is 0. The number of hydrogen-bond donors (Lipinski definition) is 1. The molecule has 3 aromatic heterocycles. The zero-order valence-electron chi connectivity index (χ0n) is 21.9. The van der Waals surface area contributed by atoms with Gasteiger partial charge >= 0.3 is 0 Å². The third-order valence-electron chi connectivity index (χ3n) is 8.93. The van der Waals surface area contributed by atoms with E-state index < -0.39 is 27.1 Å². The lowest BCUT2D eigenvalue weighted by Gasteiger charge is -2.37. The van der Waals surface area contributed by atoms with Crippen LogP contribution >= 0.6 is 0 Å². The fourth-order valence-corrected chi connectivity index (χ4v) is 7.98. The van der Waals surface area contributed by atoms with Crippen molar-refractivity contribution >= 4 is 16.0 Å². The van der Waals surface area contributed by atoms with Gasteiger partial charge in [-0.15, -0.1) is 5.10 Å². The van der Waals surface area contributed by atoms with Gasteiger partial charge in [-0.1, -0.05) is 26.0 Å². The number of benzene rings is 1. The van der Waals surface area contributed by atoms with Crippen molar-refractivity contribution < 1.29 is 17.2 Å². The third kappa shape index (κ3) is 3.59. The molecule has 0 amide bonds. The first-order valence-corrected chi connectivity index (χ1v) is 14.8. The molecule has 0 radical (unpaired) electrons. The summed E-state index contributed by atoms with van der Waals surface area (Å²) in [5, 5.41) is 8.53. The van der Waals surface area contributed by atoms with E-state index in [1.54, 1.807) is 18.5 Å². The van der Waals surface area contributed by atoms with Gasteiger partial charge in [0.2, 0.25) is 16.0 Å². The van der Waals surface area contributed by atoms with E-state index in [-0.39, 0.29) is 33.8 Å². The molecule has 2 atom stereocenters. The summed E-state index contributed by atoms with van der Waals surface area (Å²) in [5.41, 5.74) is 3.07. The molecule has 3 aliphatic carbocycles. The Kier molecular flexibility index (Phi) is 5.38. The lowest BCUT2D eigenvalue weighted by molar-refractivity contribution is 0.243. The van der Waals surface area contributed by atoms with E-state index in [1.807, 2.05) is 18.2 Å². The fourth-order valence-electron chi connectivity index (χ4n) is 6.69. The quantitative estimate of drug-likeness (QED) is 0.337. The third-order valence-corrected chi connectivity index (χ3v) is 10.7. The number of rotatable bonds is 6. The van der Waals surface area contributed by atoms with E-state index in [9.17, 15) is 17.2 Å². The number of nitrogens with zero attached hydrogens (tertiary/aromatic N) is 5. The molecule has 2 fully saturated rings. The number of pyridine rings is 1. The molecule has 7 rings (SSSR count). The zero-order chi connectivity index (χ0) is 27.9. The lowest BCUT2D eigenvalue weighted by Crippen LogP contribution is -2.37. The first-order chi connectivity index (χ1) is 19.1. The summed E-state index contributed by atoms with van der Waals surface area (Å²) in [6, 6.07) is 11.3. The van der Waals surface area contributed by atoms with Crippen LogP contribution < -0.4 is 4.72 Å². The molecule has 1 aromatic carbocycles. The van der Waals surface area contributed by atoms with Crippen LogP contribution in [0.2, 0.25) is 0 Å². The Bertz CT molecular complexity index is 1760. The van der Waals surface area contributed by atoms with Gasteiger partial charge in [-0.2, -0.15) is 5.10 Å². The summed E-state index contributed by atoms with van der Waals surface area (Å²) in [6.45, 7) is 4.38. The van der Waals surface area contributed by atoms with Crippen LogP contribution in [0.25, 0.3) is 22.5 Å². The molecule has 0 aliphatic heterocycles. The second-order valence-corrected chi connectivity index (χ2v) is 13.4. The average molecular weight is 561 g/mol. The Morgan fingerprint density at radius 1 is 0.925 bits per heavy atom. The van der Waals surface area contributed by atoms with E-state index in [2.05, 4.69) is 38.7 Å². The van der Waals surface area contributed by atoms with Crippen molar-refractivity contribution in [2.45, 2.75) is 56.1 Å². The maximum absolute atomic E-state index is 14.6. The minimum atomic E-state index is -3.45. The number of halogens is 2. The average Bonchev–Trinajstić information content (AvgIpc) is 3.73. The van der Waals surface area contributed by atoms with Crippen LogP contribution in [0.5, 0.6) is 0 Å². The van der Waals surface area contributed by atoms with Crippen molar-refractivity contribution in [1.82, 2.24) is 25.1 Å². The molecule has 204 valence electrons. The first-order valence-electron chi connectivity index (χ1n) is 13.3. The number of fused-ring (bicyclic) bond motifs is 5. The van der Waals surface area contributed by atoms with Crippen molar-refractivity contribution in [2.75, 3.05) is 4.72 Å². The number of anilines is 1. The summed E-state index contributed by atoms with van der Waals surface area (Å²) < 4.78 is 56.0. The molecule has 3 aliphatic rings. The van der Waals surface area contributed by atoms with Crippen LogP contribution in [-0.4, -0.2) is 38.8 Å². The van der Waals surface area contributed by atoms with Crippen LogP contribution in [0.4, 0.5) is 14.7 Å². The normalized spacial score (nSPS) is 22.8. The molecule has 4 aromatic rings. The van der Waals surface area contributed by atoms with Gasteiger partial charge in [-0.05, 0) is 72.9 Å². The van der Waals surface area contributed by atoms with Gasteiger partial charge in [0, 0.05) is 18.0 Å². The topological polar surface area (TPSA) is 111 Å². The molecular weight excluding hydrogens is 534 g/mol. The van der Waals surface area contributed by atoms with Crippen molar-refractivity contribution in [3.05, 3.63) is 83.4 Å². The smallest absolute Gasteiger partial charge is 0.237 e. The largest absolute Gasteiger partial charge is 0.252 e. The van der Waals surface area contributed by atoms with E-state index >= 15 is 0 Å². The number of hydrogen-bond acceptors (Lipinski definition) is 7. The maximum atomic E-state index is 14.6. The van der Waals surface area contributed by atoms with Crippen molar-refractivity contribution in [2.24, 2.45) is 5.41 Å². The van der Waals surface area contributed by atoms with E-state index in [4.69, 9.17) is 4.98 Å². The van der Waals surface area contributed by atoms with Crippen molar-refractivity contribution in [1.29, 1.82) is 0 Å². The lowest BCUT2D eigenvalue weighted by atomic mass is 9.66. The highest BCUT2D eigenvalue weighted by atomic mass is 32.2. The number of nitrogens with one attached hydrogen (secondary N) is 1. The minimum Gasteiger partial charge on any atom is -0.252 e. The van der Waals surface area contributed by atoms with Crippen LogP contribution in [-0.2, 0) is 15.4 Å². The molecule has 11 heteroatoms. The molecule has 0 spiro atoms. The molecule has 2 bridgehead atoms. The number of sulfonamides is 1. The maximum Gasteiger partial charge on any atom is 0.237 e. The predicted molar refractivity (Wildman–Crippen MR) is 145 cm³/mol. The standard InChI is InChI=1S/C29H26F2N6O2S/c1-28(2)19-11-12-29(28,26-18(19)13-23(35-36-26)25-20(30)5-3-6-21(25)31)24-8-4-7-22(34-24)16-14-32-27(33-15-16)37-40(38,39)17-9-10-17/h3-8,13-15,17,19H,9-12H2,1-2H3,(H,32,33,37)/t19-,29-/m0/s1. The highest BCUT2D eigenvalue weighted by Crippen LogP contribution is 2.69. The SMILES string of the molecule is CC1(C)[C@H]2CC[C@]1(c1cccc(-c3cnc(NS(=O)(=O)C4CC4)nc3)n1)c1nnc(-c3c(F)cccc3F)cc12. The van der Waals surface area contributed by atoms with Gasteiger partial charge in [-0.25, -0.2) is 27.2 Å². The van der Waals surface area contributed by atoms with Gasteiger partial charge in [0.05, 0.1) is 39.0 Å². The Hall–Kier alpha value is -3.86. The Morgan fingerprint density at radius 2 is 1.62 bits per heavy atom. The second-order valence-electron chi connectivity index (χ2n) is 11.4. The fraction of sp³-hybridized carbons (Fsp3) is 0.345. The molecular formula is C29H26F2N6O2S. The summed E-state index contributed by atoms with van der Waals surface area (Å²) in [6.07, 6.45) is 6.11. The zero-order valence-corrected chi connectivity index (χ0v) is 22.7. The van der Waals surface area contributed by atoms with Crippen LogP contribution in [0, 0.1) is 17.0 Å². The minimum absolute atomic E-state index is 0.0345. The first kappa shape index (κ1) is 25.1. The van der Waals surface area contributed by atoms with Crippen LogP contribution in [0.15, 0.2) is 54.9 Å². The molecule has 8 nitrogen and oxygen atoms in total. The summed E-state index contributed by atoms with van der Waals surface area (Å²) in [7, 11) is -3.45. The molecule has 40 heavy (non-hydrogen) atoms. The van der Waals surface area contributed by atoms with Gasteiger partial charge in [0.15, 0.2) is 0 Å². The van der Waals surface area contributed by atoms with Crippen LogP contribution in [0.1, 0.15) is 62.4 Å². The van der Waals surface area contributed by atoms with Gasteiger partial charge in [0.25, 0.3) is 0 Å². The summed E-state index contributed by atoms with van der Waals surface area (Å²) in [5.74, 6) is -1.19. The van der Waals surface area contributed by atoms with Crippen molar-refractivity contribution in [3.63, 3.8) is 0 Å². The Labute approximate surface area is 230 Å². The van der Waals surface area contributed by atoms with E-state index in [1.165, 1.54) is 18.2 Å². The van der Waals surface area contributed by atoms with E-state index in [0.29, 0.717) is 24.1 Å². The van der Waals surface area contributed by atoms with Crippen LogP contribution in [0.3, 0.4) is 0 Å². The molecule has 1 N–H and O–H groups in total. The van der Waals surface area contributed by atoms with Crippen molar-refractivity contribution in [3.8, 4) is 22.5 Å². The van der Waals surface area contributed by atoms with E-state index in [0.717, 1.165) is 29.8 Å². The Morgan fingerprint density at radius 3 is 2.33 bits per heavy atom. The molecule has 0 unspecified atom stereocenters. The van der Waals surface area contributed by atoms with Gasteiger partial charge < -0.3 is 0 Å². The molecule has 0 saturated heterocycles. The predicted octanol–water partition coefficient (Wildman–Crippen LogP) is 5.38. The molecule has 3 heterocycles. The highest BCUT2D eigenvalue weighted by Gasteiger charge is 2.65. The highest BCUT2D eigenvalue weighted by molar-refractivity contribution is 7.93. The second kappa shape index (κ2) is 8.57. The number of aromatic nitrogens is 5. The van der Waals surface area contributed by atoms with Gasteiger partial charge in [-0.3, -0.25) is 9.71 Å². The molecule has 2 saturated carbocycles. The summed E-state index contributed by atoms with van der Waals surface area (Å²) in [4.78, 5) is 13.5. The monoisotopic (exact) mass is 560 g/mol. The van der Waals surface area contributed by atoms with Gasteiger partial charge in [0.1, 0.15) is 11.6 Å². The Balaban J connectivity index is 1.27.